The largest absolute Gasteiger partial charge is 0.493 e. The van der Waals surface area contributed by atoms with Gasteiger partial charge in [0.15, 0.2) is 0 Å². The van der Waals surface area contributed by atoms with Crippen LogP contribution in [0.2, 0.25) is 0 Å². The topological polar surface area (TPSA) is 44.7 Å². The van der Waals surface area contributed by atoms with Crippen molar-refractivity contribution in [1.82, 2.24) is 10.2 Å². The third kappa shape index (κ3) is 4.95. The number of fused-ring (bicyclic) bond motifs is 1. The second kappa shape index (κ2) is 7.09. The second-order valence-electron chi connectivity index (χ2n) is 6.34. The first-order chi connectivity index (χ1) is 9.87. The Bertz CT molecular complexity index is 477. The quantitative estimate of drug-likeness (QED) is 0.850. The number of halogens is 1. The van der Waals surface area contributed by atoms with Crippen LogP contribution in [0.15, 0.2) is 22.7 Å². The molecule has 1 heterocycles. The summed E-state index contributed by atoms with van der Waals surface area (Å²) in [4.78, 5) is 2.00. The minimum atomic E-state index is -0.744. The van der Waals surface area contributed by atoms with E-state index in [1.54, 1.807) is 0 Å². The maximum Gasteiger partial charge on any atom is 0.125 e. The average Bonchev–Trinajstić information content (AvgIpc) is 2.56. The summed E-state index contributed by atoms with van der Waals surface area (Å²) >= 11 is 3.49. The monoisotopic (exact) mass is 356 g/mol. The summed E-state index contributed by atoms with van der Waals surface area (Å²) in [5, 5.41) is 13.9. The maximum atomic E-state index is 10.4. The van der Waals surface area contributed by atoms with Crippen molar-refractivity contribution in [2.24, 2.45) is 0 Å². The zero-order valence-electron chi connectivity index (χ0n) is 13.0. The van der Waals surface area contributed by atoms with Crippen LogP contribution < -0.4 is 10.1 Å². The van der Waals surface area contributed by atoms with E-state index < -0.39 is 5.60 Å². The SMILES string of the molecule is CN(C)CC(C)(O)CNC1CCCOc2cc(Br)ccc21. The van der Waals surface area contributed by atoms with Crippen molar-refractivity contribution in [2.45, 2.75) is 31.4 Å². The molecule has 2 N–H and O–H groups in total. The Balaban J connectivity index is 2.07. The summed E-state index contributed by atoms with van der Waals surface area (Å²) in [5.74, 6) is 0.937. The maximum absolute atomic E-state index is 10.4. The normalized spacial score (nSPS) is 21.3. The number of nitrogens with zero attached hydrogens (tertiary/aromatic N) is 1. The fourth-order valence-electron chi connectivity index (χ4n) is 2.84. The van der Waals surface area contributed by atoms with Crippen molar-refractivity contribution in [1.29, 1.82) is 0 Å². The Kier molecular flexibility index (Phi) is 5.66. The fraction of sp³-hybridized carbons (Fsp3) is 0.625. The average molecular weight is 357 g/mol. The van der Waals surface area contributed by atoms with E-state index in [0.29, 0.717) is 13.1 Å². The Morgan fingerprint density at radius 1 is 1.48 bits per heavy atom. The van der Waals surface area contributed by atoms with Crippen molar-refractivity contribution < 1.29 is 9.84 Å². The smallest absolute Gasteiger partial charge is 0.125 e. The van der Waals surface area contributed by atoms with E-state index in [4.69, 9.17) is 4.74 Å². The molecule has 1 aliphatic heterocycles. The summed E-state index contributed by atoms with van der Waals surface area (Å²) in [7, 11) is 3.95. The molecule has 0 bridgehead atoms. The molecule has 0 saturated heterocycles. The van der Waals surface area contributed by atoms with E-state index in [0.717, 1.165) is 29.7 Å². The van der Waals surface area contributed by atoms with E-state index in [1.165, 1.54) is 5.56 Å². The third-order valence-corrected chi connectivity index (χ3v) is 4.13. The van der Waals surface area contributed by atoms with Crippen molar-refractivity contribution in [3.8, 4) is 5.75 Å². The summed E-state index contributed by atoms with van der Waals surface area (Å²) < 4.78 is 6.84. The molecule has 1 aromatic carbocycles. The zero-order chi connectivity index (χ0) is 15.5. The highest BCUT2D eigenvalue weighted by molar-refractivity contribution is 9.10. The van der Waals surface area contributed by atoms with Gasteiger partial charge in [-0.15, -0.1) is 0 Å². The molecular formula is C16H25BrN2O2. The van der Waals surface area contributed by atoms with Gasteiger partial charge in [-0.2, -0.15) is 0 Å². The molecule has 0 saturated carbocycles. The molecule has 0 aromatic heterocycles. The third-order valence-electron chi connectivity index (χ3n) is 3.63. The predicted octanol–water partition coefficient (Wildman–Crippen LogP) is 2.57. The van der Waals surface area contributed by atoms with Crippen LogP contribution in [0, 0.1) is 0 Å². The first kappa shape index (κ1) is 16.7. The van der Waals surface area contributed by atoms with Gasteiger partial charge in [0.1, 0.15) is 5.75 Å². The van der Waals surface area contributed by atoms with Crippen LogP contribution in [0.3, 0.4) is 0 Å². The number of likely N-dealkylation sites (N-methyl/N-ethyl adjacent to an activating group) is 1. The summed E-state index contributed by atoms with van der Waals surface area (Å²) in [5.41, 5.74) is 0.433. The number of hydrogen-bond acceptors (Lipinski definition) is 4. The van der Waals surface area contributed by atoms with Gasteiger partial charge in [-0.1, -0.05) is 22.0 Å². The number of ether oxygens (including phenoxy) is 1. The zero-order valence-corrected chi connectivity index (χ0v) is 14.6. The van der Waals surface area contributed by atoms with Crippen LogP contribution in [0.25, 0.3) is 0 Å². The first-order valence-electron chi connectivity index (χ1n) is 7.40. The van der Waals surface area contributed by atoms with Gasteiger partial charge in [0, 0.05) is 29.2 Å². The molecule has 0 fully saturated rings. The molecule has 2 unspecified atom stereocenters. The molecule has 0 spiro atoms. The Morgan fingerprint density at radius 3 is 2.95 bits per heavy atom. The van der Waals surface area contributed by atoms with E-state index in [2.05, 4.69) is 27.3 Å². The van der Waals surface area contributed by atoms with E-state index in [-0.39, 0.29) is 6.04 Å². The lowest BCUT2D eigenvalue weighted by Gasteiger charge is -2.29. The summed E-state index contributed by atoms with van der Waals surface area (Å²) in [6.07, 6.45) is 2.03. The van der Waals surface area contributed by atoms with E-state index >= 15 is 0 Å². The number of nitrogens with one attached hydrogen (secondary N) is 1. The van der Waals surface area contributed by atoms with Crippen molar-refractivity contribution in [3.05, 3.63) is 28.2 Å². The highest BCUT2D eigenvalue weighted by Gasteiger charge is 2.25. The Morgan fingerprint density at radius 2 is 2.24 bits per heavy atom. The predicted molar refractivity (Wildman–Crippen MR) is 88.8 cm³/mol. The molecule has 0 radical (unpaired) electrons. The molecule has 0 amide bonds. The van der Waals surface area contributed by atoms with Crippen molar-refractivity contribution >= 4 is 15.9 Å². The number of rotatable bonds is 5. The number of benzene rings is 1. The molecule has 5 heteroatoms. The highest BCUT2D eigenvalue weighted by atomic mass is 79.9. The highest BCUT2D eigenvalue weighted by Crippen LogP contribution is 2.33. The van der Waals surface area contributed by atoms with Gasteiger partial charge >= 0.3 is 0 Å². The van der Waals surface area contributed by atoms with Crippen molar-refractivity contribution in [2.75, 3.05) is 33.8 Å². The van der Waals surface area contributed by atoms with Crippen LogP contribution in [-0.4, -0.2) is 49.4 Å². The molecule has 2 rings (SSSR count). The molecule has 4 nitrogen and oxygen atoms in total. The lowest BCUT2D eigenvalue weighted by atomic mass is 10.00. The summed E-state index contributed by atoms with van der Waals surface area (Å²) in [6, 6.07) is 6.39. The van der Waals surface area contributed by atoms with E-state index in [1.807, 2.05) is 38.1 Å². The molecule has 0 aliphatic carbocycles. The van der Waals surface area contributed by atoms with Gasteiger partial charge in [0.2, 0.25) is 0 Å². The van der Waals surface area contributed by atoms with Crippen LogP contribution >= 0.6 is 15.9 Å². The minimum absolute atomic E-state index is 0.226. The van der Waals surface area contributed by atoms with Gasteiger partial charge in [0.25, 0.3) is 0 Å². The fourth-order valence-corrected chi connectivity index (χ4v) is 3.18. The second-order valence-corrected chi connectivity index (χ2v) is 7.26. The summed E-state index contributed by atoms with van der Waals surface area (Å²) in [6.45, 7) is 3.81. The van der Waals surface area contributed by atoms with Crippen LogP contribution in [0.5, 0.6) is 5.75 Å². The van der Waals surface area contributed by atoms with Gasteiger partial charge in [-0.25, -0.2) is 0 Å². The minimum Gasteiger partial charge on any atom is -0.493 e. The van der Waals surface area contributed by atoms with Crippen molar-refractivity contribution in [3.63, 3.8) is 0 Å². The van der Waals surface area contributed by atoms with E-state index in [9.17, 15) is 5.11 Å². The van der Waals surface area contributed by atoms with Crippen LogP contribution in [0.4, 0.5) is 0 Å². The lowest BCUT2D eigenvalue weighted by Crippen LogP contribution is -2.46. The van der Waals surface area contributed by atoms with Gasteiger partial charge in [-0.05, 0) is 46.0 Å². The Hall–Kier alpha value is -0.620. The van der Waals surface area contributed by atoms with Gasteiger partial charge in [0.05, 0.1) is 12.2 Å². The molecule has 2 atom stereocenters. The van der Waals surface area contributed by atoms with Gasteiger partial charge in [-0.3, -0.25) is 0 Å². The van der Waals surface area contributed by atoms with Crippen LogP contribution in [-0.2, 0) is 0 Å². The lowest BCUT2D eigenvalue weighted by molar-refractivity contribution is 0.0310. The first-order valence-corrected chi connectivity index (χ1v) is 8.19. The molecule has 118 valence electrons. The molecule has 21 heavy (non-hydrogen) atoms. The standard InChI is InChI=1S/C16H25BrN2O2/c1-16(20,11-19(2)3)10-18-14-5-4-8-21-15-9-12(17)6-7-13(14)15/h6-7,9,14,18,20H,4-5,8,10-11H2,1-3H3. The number of hydrogen-bond donors (Lipinski definition) is 2. The number of aliphatic hydroxyl groups is 1. The molecule has 1 aliphatic rings. The molecule has 1 aromatic rings. The Labute approximate surface area is 135 Å². The molecular weight excluding hydrogens is 332 g/mol. The van der Waals surface area contributed by atoms with Gasteiger partial charge < -0.3 is 20.1 Å². The van der Waals surface area contributed by atoms with Crippen LogP contribution in [0.1, 0.15) is 31.4 Å².